The maximum Gasteiger partial charge on any atom is 0.326 e. The second-order valence-corrected chi connectivity index (χ2v) is 4.26. The van der Waals surface area contributed by atoms with Crippen molar-refractivity contribution in [2.45, 2.75) is 19.4 Å². The smallest absolute Gasteiger partial charge is 0.326 e. The van der Waals surface area contributed by atoms with E-state index < -0.39 is 23.7 Å². The molecule has 0 saturated carbocycles. The fraction of sp³-hybridized carbons (Fsp3) is 0.273. The number of benzene rings is 1. The summed E-state index contributed by atoms with van der Waals surface area (Å²) < 4.78 is 13.1. The minimum absolute atomic E-state index is 0.161. The van der Waals surface area contributed by atoms with Crippen LogP contribution in [0, 0.1) is 5.82 Å². The zero-order chi connectivity index (χ0) is 13.0. The fourth-order valence-corrected chi connectivity index (χ4v) is 1.60. The number of carbonyl (C=O) groups is 2. The molecule has 0 fully saturated rings. The van der Waals surface area contributed by atoms with Crippen molar-refractivity contribution in [2.24, 2.45) is 0 Å². The Balaban J connectivity index is 2.82. The lowest BCUT2D eigenvalue weighted by Crippen LogP contribution is -2.40. The molecular weight excluding hydrogens is 293 g/mol. The molecule has 0 aliphatic carbocycles. The SMILES string of the molecule is CC[C@@H](NC(=O)c1ccc(F)c(Br)c1)C(=O)O. The molecular formula is C11H11BrFNO3. The molecule has 0 unspecified atom stereocenters. The summed E-state index contributed by atoms with van der Waals surface area (Å²) in [5.74, 6) is -2.12. The lowest BCUT2D eigenvalue weighted by Gasteiger charge is -2.12. The van der Waals surface area contributed by atoms with E-state index in [1.54, 1.807) is 6.92 Å². The van der Waals surface area contributed by atoms with Gasteiger partial charge in [0.1, 0.15) is 11.9 Å². The molecule has 0 aromatic heterocycles. The molecule has 0 aliphatic rings. The van der Waals surface area contributed by atoms with Crippen LogP contribution in [0.15, 0.2) is 22.7 Å². The Labute approximate surface area is 106 Å². The summed E-state index contributed by atoms with van der Waals surface area (Å²) in [5.41, 5.74) is 0.206. The minimum atomic E-state index is -1.10. The van der Waals surface area contributed by atoms with Crippen molar-refractivity contribution in [3.8, 4) is 0 Å². The van der Waals surface area contributed by atoms with Gasteiger partial charge in [-0.05, 0) is 40.5 Å². The molecule has 1 amide bonds. The first kappa shape index (κ1) is 13.6. The maximum atomic E-state index is 12.9. The van der Waals surface area contributed by atoms with Gasteiger partial charge >= 0.3 is 5.97 Å². The highest BCUT2D eigenvalue weighted by Crippen LogP contribution is 2.16. The Kier molecular flexibility index (Phi) is 4.62. The van der Waals surface area contributed by atoms with Crippen LogP contribution >= 0.6 is 15.9 Å². The second kappa shape index (κ2) is 5.77. The van der Waals surface area contributed by atoms with E-state index in [0.29, 0.717) is 0 Å². The van der Waals surface area contributed by atoms with Crippen molar-refractivity contribution in [2.75, 3.05) is 0 Å². The first-order valence-electron chi connectivity index (χ1n) is 4.94. The maximum absolute atomic E-state index is 12.9. The number of hydrogen-bond acceptors (Lipinski definition) is 2. The van der Waals surface area contributed by atoms with E-state index in [0.717, 1.165) is 6.07 Å². The molecule has 0 radical (unpaired) electrons. The van der Waals surface area contributed by atoms with Crippen molar-refractivity contribution in [3.05, 3.63) is 34.1 Å². The largest absolute Gasteiger partial charge is 0.480 e. The van der Waals surface area contributed by atoms with Crippen LogP contribution in [0.1, 0.15) is 23.7 Å². The Morgan fingerprint density at radius 2 is 2.18 bits per heavy atom. The third-order valence-electron chi connectivity index (χ3n) is 2.19. The van der Waals surface area contributed by atoms with Crippen molar-refractivity contribution in [1.82, 2.24) is 5.32 Å². The van der Waals surface area contributed by atoms with E-state index in [1.165, 1.54) is 12.1 Å². The van der Waals surface area contributed by atoms with Gasteiger partial charge in [0.05, 0.1) is 4.47 Å². The molecule has 0 aliphatic heterocycles. The van der Waals surface area contributed by atoms with Crippen molar-refractivity contribution in [3.63, 3.8) is 0 Å². The zero-order valence-corrected chi connectivity index (χ0v) is 10.6. The van der Waals surface area contributed by atoms with Gasteiger partial charge in [-0.3, -0.25) is 4.79 Å². The molecule has 92 valence electrons. The van der Waals surface area contributed by atoms with Gasteiger partial charge in [-0.1, -0.05) is 6.92 Å². The number of carbonyl (C=O) groups excluding carboxylic acids is 1. The number of halogens is 2. The van der Waals surface area contributed by atoms with Crippen LogP contribution in [-0.4, -0.2) is 23.0 Å². The summed E-state index contributed by atoms with van der Waals surface area (Å²) in [5, 5.41) is 11.1. The van der Waals surface area contributed by atoms with Gasteiger partial charge in [0.2, 0.25) is 0 Å². The van der Waals surface area contributed by atoms with E-state index in [9.17, 15) is 14.0 Å². The molecule has 6 heteroatoms. The number of carboxylic acids is 1. The van der Waals surface area contributed by atoms with Gasteiger partial charge in [-0.15, -0.1) is 0 Å². The predicted octanol–water partition coefficient (Wildman–Crippen LogP) is 2.18. The summed E-state index contributed by atoms with van der Waals surface area (Å²) in [7, 11) is 0. The first-order chi connectivity index (χ1) is 7.95. The summed E-state index contributed by atoms with van der Waals surface area (Å²) in [6.07, 6.45) is 0.281. The average molecular weight is 304 g/mol. The normalized spacial score (nSPS) is 11.9. The molecule has 1 aromatic carbocycles. The Morgan fingerprint density at radius 1 is 1.53 bits per heavy atom. The third kappa shape index (κ3) is 3.52. The lowest BCUT2D eigenvalue weighted by atomic mass is 10.1. The second-order valence-electron chi connectivity index (χ2n) is 3.40. The molecule has 1 atom stereocenters. The summed E-state index contributed by atoms with van der Waals surface area (Å²) in [6.45, 7) is 1.65. The van der Waals surface area contributed by atoms with Gasteiger partial charge < -0.3 is 10.4 Å². The monoisotopic (exact) mass is 303 g/mol. The van der Waals surface area contributed by atoms with Gasteiger partial charge in [0.15, 0.2) is 0 Å². The van der Waals surface area contributed by atoms with E-state index in [4.69, 9.17) is 5.11 Å². The predicted molar refractivity (Wildman–Crippen MR) is 63.3 cm³/mol. The number of carboxylic acid groups (broad SMARTS) is 1. The Morgan fingerprint density at radius 3 is 2.65 bits per heavy atom. The molecule has 0 bridgehead atoms. The number of hydrogen-bond donors (Lipinski definition) is 2. The highest BCUT2D eigenvalue weighted by Gasteiger charge is 2.18. The van der Waals surface area contributed by atoms with Crippen LogP contribution < -0.4 is 5.32 Å². The van der Waals surface area contributed by atoms with Crippen LogP contribution in [0.5, 0.6) is 0 Å². The molecule has 4 nitrogen and oxygen atoms in total. The fourth-order valence-electron chi connectivity index (χ4n) is 1.22. The summed E-state index contributed by atoms with van der Waals surface area (Å²) >= 11 is 2.96. The van der Waals surface area contributed by atoms with Gasteiger partial charge in [0, 0.05) is 5.56 Å². The van der Waals surface area contributed by atoms with Crippen molar-refractivity contribution in [1.29, 1.82) is 0 Å². The molecule has 0 heterocycles. The molecule has 1 rings (SSSR count). The van der Waals surface area contributed by atoms with E-state index in [1.807, 2.05) is 0 Å². The minimum Gasteiger partial charge on any atom is -0.480 e. The third-order valence-corrected chi connectivity index (χ3v) is 2.80. The summed E-state index contributed by atoms with van der Waals surface area (Å²) in [4.78, 5) is 22.4. The number of amides is 1. The highest BCUT2D eigenvalue weighted by molar-refractivity contribution is 9.10. The molecule has 1 aromatic rings. The summed E-state index contributed by atoms with van der Waals surface area (Å²) in [6, 6.07) is 2.80. The first-order valence-corrected chi connectivity index (χ1v) is 5.73. The van der Waals surface area contributed by atoms with Gasteiger partial charge in [-0.25, -0.2) is 9.18 Å². The molecule has 17 heavy (non-hydrogen) atoms. The lowest BCUT2D eigenvalue weighted by molar-refractivity contribution is -0.139. The van der Waals surface area contributed by atoms with Crippen LogP contribution in [0.3, 0.4) is 0 Å². The van der Waals surface area contributed by atoms with Crippen LogP contribution in [0.25, 0.3) is 0 Å². The van der Waals surface area contributed by atoms with Gasteiger partial charge in [-0.2, -0.15) is 0 Å². The van der Waals surface area contributed by atoms with Crippen molar-refractivity contribution >= 4 is 27.8 Å². The molecule has 2 N–H and O–H groups in total. The molecule has 0 saturated heterocycles. The van der Waals surface area contributed by atoms with Gasteiger partial charge in [0.25, 0.3) is 5.91 Å². The van der Waals surface area contributed by atoms with Crippen LogP contribution in [0.2, 0.25) is 0 Å². The quantitative estimate of drug-likeness (QED) is 0.896. The topological polar surface area (TPSA) is 66.4 Å². The zero-order valence-electron chi connectivity index (χ0n) is 9.04. The van der Waals surface area contributed by atoms with Crippen molar-refractivity contribution < 1.29 is 19.1 Å². The van der Waals surface area contributed by atoms with E-state index in [-0.39, 0.29) is 16.5 Å². The highest BCUT2D eigenvalue weighted by atomic mass is 79.9. The van der Waals surface area contributed by atoms with Crippen LogP contribution in [0.4, 0.5) is 4.39 Å². The Bertz CT molecular complexity index is 450. The number of rotatable bonds is 4. The van der Waals surface area contributed by atoms with E-state index >= 15 is 0 Å². The van der Waals surface area contributed by atoms with E-state index in [2.05, 4.69) is 21.2 Å². The average Bonchev–Trinajstić information content (AvgIpc) is 2.28. The molecule has 0 spiro atoms. The van der Waals surface area contributed by atoms with Crippen LogP contribution in [-0.2, 0) is 4.79 Å². The number of nitrogens with one attached hydrogen (secondary N) is 1. The standard InChI is InChI=1S/C11H11BrFNO3/c1-2-9(11(16)17)14-10(15)6-3-4-8(13)7(12)5-6/h3-5,9H,2H2,1H3,(H,14,15)(H,16,17)/t9-/m1/s1. The Hall–Kier alpha value is -1.43. The number of aliphatic carboxylic acids is 1.